The Bertz CT molecular complexity index is 613. The summed E-state index contributed by atoms with van der Waals surface area (Å²) in [4.78, 5) is 4.26. The molecule has 0 bridgehead atoms. The molecule has 20 heavy (non-hydrogen) atoms. The third-order valence-electron chi connectivity index (χ3n) is 3.21. The van der Waals surface area contributed by atoms with Crippen LogP contribution in [0.5, 0.6) is 11.5 Å². The van der Waals surface area contributed by atoms with Crippen LogP contribution in [0.2, 0.25) is 0 Å². The summed E-state index contributed by atoms with van der Waals surface area (Å²) in [5.41, 5.74) is 0. The third-order valence-corrected chi connectivity index (χ3v) is 3.21. The lowest BCUT2D eigenvalue weighted by molar-refractivity contribution is 0.172. The highest BCUT2D eigenvalue weighted by Crippen LogP contribution is 2.36. The molecule has 2 aromatic rings. The Morgan fingerprint density at radius 1 is 1.15 bits per heavy atom. The molecule has 3 rings (SSSR count). The van der Waals surface area contributed by atoms with Crippen molar-refractivity contribution in [1.29, 1.82) is 0 Å². The predicted octanol–water partition coefficient (Wildman–Crippen LogP) is 0.771. The first-order valence-corrected chi connectivity index (χ1v) is 6.48. The van der Waals surface area contributed by atoms with Crippen LogP contribution in [0.15, 0.2) is 24.4 Å². The van der Waals surface area contributed by atoms with E-state index in [1.54, 1.807) is 6.20 Å². The molecule has 0 spiro atoms. The highest BCUT2D eigenvalue weighted by molar-refractivity contribution is 5.94. The van der Waals surface area contributed by atoms with Crippen LogP contribution < -0.4 is 14.8 Å². The summed E-state index contributed by atoms with van der Waals surface area (Å²) in [5.74, 6) is 2.01. The average Bonchev–Trinajstić information content (AvgIpc) is 2.50. The number of aliphatic hydroxyl groups excluding tert-OH is 2. The van der Waals surface area contributed by atoms with Crippen LogP contribution in [0.4, 0.5) is 5.82 Å². The summed E-state index contributed by atoms with van der Waals surface area (Å²) < 4.78 is 11.1. The van der Waals surface area contributed by atoms with Crippen molar-refractivity contribution in [3.05, 3.63) is 24.4 Å². The predicted molar refractivity (Wildman–Crippen MR) is 74.3 cm³/mol. The molecule has 0 amide bonds. The Labute approximate surface area is 116 Å². The molecule has 1 aromatic heterocycles. The van der Waals surface area contributed by atoms with Gasteiger partial charge in [0.05, 0.1) is 19.3 Å². The van der Waals surface area contributed by atoms with E-state index in [9.17, 15) is 0 Å². The zero-order valence-electron chi connectivity index (χ0n) is 10.9. The van der Waals surface area contributed by atoms with Crippen molar-refractivity contribution in [2.24, 2.45) is 0 Å². The fraction of sp³-hybridized carbons (Fsp3) is 0.357. The first-order chi connectivity index (χ1) is 9.81. The average molecular weight is 276 g/mol. The molecule has 0 atom stereocenters. The van der Waals surface area contributed by atoms with E-state index < -0.39 is 6.04 Å². The van der Waals surface area contributed by atoms with Crippen LogP contribution >= 0.6 is 0 Å². The highest BCUT2D eigenvalue weighted by atomic mass is 16.6. The summed E-state index contributed by atoms with van der Waals surface area (Å²) >= 11 is 0. The molecule has 0 saturated carbocycles. The molecule has 0 unspecified atom stereocenters. The number of nitrogens with one attached hydrogen (secondary N) is 1. The van der Waals surface area contributed by atoms with Gasteiger partial charge in [0.1, 0.15) is 19.0 Å². The van der Waals surface area contributed by atoms with E-state index in [0.29, 0.717) is 24.8 Å². The Balaban J connectivity index is 2.04. The molecule has 1 aliphatic rings. The maximum absolute atomic E-state index is 9.16. The normalized spacial score (nSPS) is 13.8. The van der Waals surface area contributed by atoms with Gasteiger partial charge in [-0.15, -0.1) is 0 Å². The quantitative estimate of drug-likeness (QED) is 0.765. The van der Waals surface area contributed by atoms with Gasteiger partial charge in [0.2, 0.25) is 0 Å². The first kappa shape index (κ1) is 13.0. The van der Waals surface area contributed by atoms with Crippen molar-refractivity contribution < 1.29 is 19.7 Å². The highest BCUT2D eigenvalue weighted by Gasteiger charge is 2.15. The SMILES string of the molecule is OCC(CO)Nc1nccc2cc3c(cc12)OCCO3. The molecule has 0 radical (unpaired) electrons. The van der Waals surface area contributed by atoms with Gasteiger partial charge in [-0.1, -0.05) is 0 Å². The minimum atomic E-state index is -0.443. The topological polar surface area (TPSA) is 83.8 Å². The van der Waals surface area contributed by atoms with E-state index in [2.05, 4.69) is 10.3 Å². The fourth-order valence-corrected chi connectivity index (χ4v) is 2.17. The Morgan fingerprint density at radius 3 is 2.55 bits per heavy atom. The minimum absolute atomic E-state index is 0.168. The number of nitrogens with zero attached hydrogens (tertiary/aromatic N) is 1. The van der Waals surface area contributed by atoms with Gasteiger partial charge in [0, 0.05) is 11.6 Å². The molecule has 3 N–H and O–H groups in total. The second-order valence-corrected chi connectivity index (χ2v) is 4.58. The number of aliphatic hydroxyl groups is 2. The van der Waals surface area contributed by atoms with Crippen molar-refractivity contribution in [2.45, 2.75) is 6.04 Å². The van der Waals surface area contributed by atoms with Crippen LogP contribution in [0.25, 0.3) is 10.8 Å². The number of hydrogen-bond donors (Lipinski definition) is 3. The second kappa shape index (κ2) is 5.52. The molecule has 1 aliphatic heterocycles. The second-order valence-electron chi connectivity index (χ2n) is 4.58. The number of fused-ring (bicyclic) bond motifs is 2. The molecule has 0 aliphatic carbocycles. The van der Waals surface area contributed by atoms with Crippen molar-refractivity contribution in [1.82, 2.24) is 4.98 Å². The summed E-state index contributed by atoms with van der Waals surface area (Å²) in [7, 11) is 0. The summed E-state index contributed by atoms with van der Waals surface area (Å²) in [6, 6.07) is 5.21. The summed E-state index contributed by atoms with van der Waals surface area (Å²) in [5, 5.41) is 23.2. The van der Waals surface area contributed by atoms with E-state index in [1.807, 2.05) is 18.2 Å². The lowest BCUT2D eigenvalue weighted by atomic mass is 10.1. The number of anilines is 1. The fourth-order valence-electron chi connectivity index (χ4n) is 2.17. The number of ether oxygens (including phenoxy) is 2. The molecule has 2 heterocycles. The monoisotopic (exact) mass is 276 g/mol. The molecule has 0 fully saturated rings. The lowest BCUT2D eigenvalue weighted by Gasteiger charge is -2.20. The van der Waals surface area contributed by atoms with Crippen LogP contribution in [0.3, 0.4) is 0 Å². The van der Waals surface area contributed by atoms with Crippen LogP contribution in [-0.2, 0) is 0 Å². The van der Waals surface area contributed by atoms with E-state index in [-0.39, 0.29) is 13.2 Å². The molecule has 1 aromatic carbocycles. The van der Waals surface area contributed by atoms with Crippen molar-refractivity contribution in [3.63, 3.8) is 0 Å². The Hall–Kier alpha value is -2.05. The molecular weight excluding hydrogens is 260 g/mol. The van der Waals surface area contributed by atoms with Gasteiger partial charge in [-0.3, -0.25) is 0 Å². The zero-order valence-corrected chi connectivity index (χ0v) is 10.9. The number of hydrogen-bond acceptors (Lipinski definition) is 6. The zero-order chi connectivity index (χ0) is 13.9. The third kappa shape index (κ3) is 2.35. The minimum Gasteiger partial charge on any atom is -0.486 e. The maximum atomic E-state index is 9.16. The van der Waals surface area contributed by atoms with Crippen molar-refractivity contribution in [3.8, 4) is 11.5 Å². The van der Waals surface area contributed by atoms with Crippen LogP contribution in [0.1, 0.15) is 0 Å². The lowest BCUT2D eigenvalue weighted by Crippen LogP contribution is -2.28. The summed E-state index contributed by atoms with van der Waals surface area (Å²) in [6.45, 7) is 0.738. The van der Waals surface area contributed by atoms with Gasteiger partial charge < -0.3 is 25.0 Å². The summed E-state index contributed by atoms with van der Waals surface area (Å²) in [6.07, 6.45) is 1.67. The Kier molecular flexibility index (Phi) is 3.58. The first-order valence-electron chi connectivity index (χ1n) is 6.48. The molecule has 6 heteroatoms. The standard InChI is InChI=1S/C14H16N2O4/c17-7-10(8-18)16-14-11-6-13-12(19-3-4-20-13)5-9(11)1-2-15-14/h1-2,5-6,10,17-18H,3-4,7-8H2,(H,15,16). The van der Waals surface area contributed by atoms with E-state index in [4.69, 9.17) is 19.7 Å². The molecular formula is C14H16N2O4. The van der Waals surface area contributed by atoms with E-state index in [0.717, 1.165) is 16.5 Å². The molecule has 106 valence electrons. The number of benzene rings is 1. The maximum Gasteiger partial charge on any atom is 0.162 e. The van der Waals surface area contributed by atoms with Gasteiger partial charge in [0.15, 0.2) is 11.5 Å². The van der Waals surface area contributed by atoms with Crippen LogP contribution in [-0.4, -0.2) is 47.7 Å². The number of rotatable bonds is 4. The van der Waals surface area contributed by atoms with Gasteiger partial charge in [-0.05, 0) is 23.6 Å². The van der Waals surface area contributed by atoms with Gasteiger partial charge in [-0.25, -0.2) is 4.98 Å². The van der Waals surface area contributed by atoms with E-state index >= 15 is 0 Å². The number of aromatic nitrogens is 1. The smallest absolute Gasteiger partial charge is 0.162 e. The van der Waals surface area contributed by atoms with Gasteiger partial charge in [0.25, 0.3) is 0 Å². The Morgan fingerprint density at radius 2 is 1.85 bits per heavy atom. The number of pyridine rings is 1. The van der Waals surface area contributed by atoms with Gasteiger partial charge >= 0.3 is 0 Å². The largest absolute Gasteiger partial charge is 0.486 e. The van der Waals surface area contributed by atoms with Crippen LogP contribution in [0, 0.1) is 0 Å². The van der Waals surface area contributed by atoms with Gasteiger partial charge in [-0.2, -0.15) is 0 Å². The van der Waals surface area contributed by atoms with E-state index in [1.165, 1.54) is 0 Å². The molecule has 0 saturated heterocycles. The van der Waals surface area contributed by atoms with Crippen molar-refractivity contribution in [2.75, 3.05) is 31.7 Å². The molecule has 6 nitrogen and oxygen atoms in total. The van der Waals surface area contributed by atoms with Crippen molar-refractivity contribution >= 4 is 16.6 Å².